The zero-order valence-electron chi connectivity index (χ0n) is 12.4. The van der Waals surface area contributed by atoms with Gasteiger partial charge in [-0.2, -0.15) is 0 Å². The Balaban J connectivity index is 1.89. The van der Waals surface area contributed by atoms with Crippen molar-refractivity contribution < 1.29 is 14.0 Å². The van der Waals surface area contributed by atoms with Gasteiger partial charge in [0, 0.05) is 9.13 Å². The zero-order valence-corrected chi connectivity index (χ0v) is 15.4. The van der Waals surface area contributed by atoms with Crippen molar-refractivity contribution in [2.75, 3.05) is 0 Å². The first kappa shape index (κ1) is 17.4. The van der Waals surface area contributed by atoms with Crippen molar-refractivity contribution in [2.24, 2.45) is 0 Å². The average Bonchev–Trinajstić information content (AvgIpc) is 2.93. The van der Waals surface area contributed by atoms with Crippen molar-refractivity contribution in [1.29, 1.82) is 0 Å². The van der Waals surface area contributed by atoms with Crippen LogP contribution in [0.5, 0.6) is 0 Å². The molecule has 0 bridgehead atoms. The quantitative estimate of drug-likeness (QED) is 0.378. The lowest BCUT2D eigenvalue weighted by molar-refractivity contribution is 0.0933. The Morgan fingerprint density at radius 1 is 1.13 bits per heavy atom. The van der Waals surface area contributed by atoms with Crippen molar-refractivity contribution in [1.82, 2.24) is 16.2 Å². The van der Waals surface area contributed by atoms with Crippen LogP contribution in [-0.2, 0) is 0 Å². The Labute approximate surface area is 152 Å². The molecule has 6 nitrogen and oxygen atoms in total. The Morgan fingerprint density at radius 2 is 1.87 bits per heavy atom. The van der Waals surface area contributed by atoms with Crippen LogP contribution >= 0.6 is 34.8 Å². The van der Waals surface area contributed by atoms with Crippen LogP contribution in [0, 0.1) is 17.4 Å². The number of carbonyl (C=O) groups excluding carboxylic acids is 2. The molecule has 23 heavy (non-hydrogen) atoms. The van der Waals surface area contributed by atoms with Crippen LogP contribution in [0.2, 0.25) is 0 Å². The van der Waals surface area contributed by atoms with Gasteiger partial charge < -0.3 is 4.42 Å². The average molecular weight is 443 g/mol. The molecule has 2 aromatic rings. The second-order valence-corrected chi connectivity index (χ2v) is 6.29. The van der Waals surface area contributed by atoms with Crippen LogP contribution in [0.15, 0.2) is 34.9 Å². The maximum Gasteiger partial charge on any atom is 0.273 e. The molecular formula is C15H14IN3O3S. The summed E-state index contributed by atoms with van der Waals surface area (Å²) in [5.74, 6) is -0.264. The first-order valence-electron chi connectivity index (χ1n) is 6.60. The van der Waals surface area contributed by atoms with Gasteiger partial charge in [0.05, 0.1) is 11.8 Å². The van der Waals surface area contributed by atoms with Gasteiger partial charge >= 0.3 is 0 Å². The summed E-state index contributed by atoms with van der Waals surface area (Å²) in [4.78, 5) is 23.9. The molecule has 8 heteroatoms. The molecular weight excluding hydrogens is 429 g/mol. The number of hydrazine groups is 1. The van der Waals surface area contributed by atoms with Gasteiger partial charge in [-0.25, -0.2) is 0 Å². The minimum absolute atomic E-state index is 0.0000751. The zero-order chi connectivity index (χ0) is 17.0. The molecule has 0 unspecified atom stereocenters. The fourth-order valence-corrected chi connectivity index (χ4v) is 2.40. The summed E-state index contributed by atoms with van der Waals surface area (Å²) in [7, 11) is 0. The molecule has 0 aliphatic rings. The second-order valence-electron chi connectivity index (χ2n) is 4.72. The Bertz CT molecular complexity index is 773. The summed E-state index contributed by atoms with van der Waals surface area (Å²) in [6.07, 6.45) is 1.42. The third-order valence-corrected chi connectivity index (χ3v) is 4.42. The highest BCUT2D eigenvalue weighted by Crippen LogP contribution is 2.13. The number of hydrogen-bond acceptors (Lipinski definition) is 4. The van der Waals surface area contributed by atoms with Crippen LogP contribution in [-0.4, -0.2) is 16.9 Å². The van der Waals surface area contributed by atoms with Crippen LogP contribution < -0.4 is 16.2 Å². The van der Waals surface area contributed by atoms with Gasteiger partial charge in [-0.1, -0.05) is 6.07 Å². The molecule has 0 saturated heterocycles. The number of benzene rings is 1. The van der Waals surface area contributed by atoms with Gasteiger partial charge in [0.25, 0.3) is 11.8 Å². The van der Waals surface area contributed by atoms with Gasteiger partial charge in [-0.15, -0.1) is 0 Å². The Hall–Kier alpha value is -1.94. The van der Waals surface area contributed by atoms with E-state index >= 15 is 0 Å². The number of nitrogens with one attached hydrogen (secondary N) is 3. The van der Waals surface area contributed by atoms with E-state index in [4.69, 9.17) is 16.6 Å². The summed E-state index contributed by atoms with van der Waals surface area (Å²) in [6, 6.07) is 6.88. The number of rotatable bonds is 2. The molecule has 0 spiro atoms. The van der Waals surface area contributed by atoms with E-state index in [1.165, 1.54) is 6.26 Å². The smallest absolute Gasteiger partial charge is 0.273 e. The molecule has 1 heterocycles. The third-order valence-electron chi connectivity index (χ3n) is 3.05. The summed E-state index contributed by atoms with van der Waals surface area (Å²) in [5, 5.41) is 2.50. The summed E-state index contributed by atoms with van der Waals surface area (Å²) < 4.78 is 6.03. The van der Waals surface area contributed by atoms with Gasteiger partial charge in [0.15, 0.2) is 5.11 Å². The number of carbonyl (C=O) groups is 2. The third kappa shape index (κ3) is 4.52. The lowest BCUT2D eigenvalue weighted by atomic mass is 10.1. The molecule has 0 radical (unpaired) electrons. The SMILES string of the molecule is Cc1ccc(C(=O)NC(=S)NNC(=O)c2ccoc2C)cc1I. The number of thiocarbonyl (C=S) groups is 1. The molecule has 0 fully saturated rings. The van der Waals surface area contributed by atoms with Crippen molar-refractivity contribution in [3.63, 3.8) is 0 Å². The number of hydrogen-bond donors (Lipinski definition) is 3. The standard InChI is InChI=1S/C15H14IN3O3S/c1-8-3-4-10(7-12(8)16)13(20)17-15(23)19-18-14(21)11-5-6-22-9(11)2/h3-7H,1-2H3,(H,18,21)(H2,17,19,20,23). The molecule has 120 valence electrons. The summed E-state index contributed by atoms with van der Waals surface area (Å²) in [5.41, 5.74) is 6.84. The van der Waals surface area contributed by atoms with E-state index in [1.54, 1.807) is 25.1 Å². The van der Waals surface area contributed by atoms with Crippen molar-refractivity contribution in [2.45, 2.75) is 13.8 Å². The molecule has 1 aromatic carbocycles. The van der Waals surface area contributed by atoms with E-state index in [9.17, 15) is 9.59 Å². The maximum absolute atomic E-state index is 12.1. The number of amides is 2. The van der Waals surface area contributed by atoms with E-state index in [0.29, 0.717) is 16.9 Å². The molecule has 2 rings (SSSR count). The topological polar surface area (TPSA) is 83.4 Å². The highest BCUT2D eigenvalue weighted by atomic mass is 127. The second kappa shape index (κ2) is 7.55. The lowest BCUT2D eigenvalue weighted by Crippen LogP contribution is -2.48. The molecule has 3 N–H and O–H groups in total. The van der Waals surface area contributed by atoms with E-state index in [1.807, 2.05) is 13.0 Å². The lowest BCUT2D eigenvalue weighted by Gasteiger charge is -2.11. The van der Waals surface area contributed by atoms with Crippen molar-refractivity contribution in [3.8, 4) is 0 Å². The van der Waals surface area contributed by atoms with Gasteiger partial charge in [0.2, 0.25) is 0 Å². The molecule has 1 aromatic heterocycles. The fraction of sp³-hybridized carbons (Fsp3) is 0.133. The van der Waals surface area contributed by atoms with Crippen LogP contribution in [0.4, 0.5) is 0 Å². The first-order valence-corrected chi connectivity index (χ1v) is 8.09. The molecule has 0 aliphatic carbocycles. The van der Waals surface area contributed by atoms with Crippen LogP contribution in [0.3, 0.4) is 0 Å². The summed E-state index contributed by atoms with van der Waals surface area (Å²) >= 11 is 7.14. The molecule has 0 atom stereocenters. The van der Waals surface area contributed by atoms with E-state index in [-0.39, 0.29) is 11.0 Å². The normalized spacial score (nSPS) is 10.0. The maximum atomic E-state index is 12.1. The highest BCUT2D eigenvalue weighted by molar-refractivity contribution is 14.1. The van der Waals surface area contributed by atoms with Gasteiger partial charge in [-0.3, -0.25) is 25.8 Å². The number of furan rings is 1. The van der Waals surface area contributed by atoms with Crippen molar-refractivity contribution in [3.05, 3.63) is 56.5 Å². The van der Waals surface area contributed by atoms with Crippen LogP contribution in [0.25, 0.3) is 0 Å². The number of aryl methyl sites for hydroxylation is 2. The van der Waals surface area contributed by atoms with Gasteiger partial charge in [-0.05, 0) is 72.4 Å². The highest BCUT2D eigenvalue weighted by Gasteiger charge is 2.13. The predicted molar refractivity (Wildman–Crippen MR) is 98.0 cm³/mol. The Kier molecular flexibility index (Phi) is 5.72. The molecule has 0 saturated carbocycles. The fourth-order valence-electron chi connectivity index (χ4n) is 1.74. The predicted octanol–water partition coefficient (Wildman–Crippen LogP) is 2.45. The summed E-state index contributed by atoms with van der Waals surface area (Å²) in [6.45, 7) is 3.64. The largest absolute Gasteiger partial charge is 0.469 e. The number of halogens is 1. The first-order chi connectivity index (χ1) is 10.9. The van der Waals surface area contributed by atoms with E-state index < -0.39 is 5.91 Å². The van der Waals surface area contributed by atoms with Gasteiger partial charge in [0.1, 0.15) is 5.76 Å². The molecule has 2 amide bonds. The minimum atomic E-state index is -0.405. The van der Waals surface area contributed by atoms with Crippen molar-refractivity contribution >= 4 is 51.7 Å². The molecule has 0 aliphatic heterocycles. The monoisotopic (exact) mass is 443 g/mol. The minimum Gasteiger partial charge on any atom is -0.469 e. The van der Waals surface area contributed by atoms with E-state index in [2.05, 4.69) is 38.8 Å². The van der Waals surface area contributed by atoms with Crippen LogP contribution in [0.1, 0.15) is 32.0 Å². The Morgan fingerprint density at radius 3 is 2.48 bits per heavy atom. The van der Waals surface area contributed by atoms with E-state index in [0.717, 1.165) is 9.13 Å².